The summed E-state index contributed by atoms with van der Waals surface area (Å²) < 4.78 is 11.8. The summed E-state index contributed by atoms with van der Waals surface area (Å²) in [5, 5.41) is 25.4. The zero-order valence-corrected chi connectivity index (χ0v) is 28.3. The van der Waals surface area contributed by atoms with Gasteiger partial charge in [-0.25, -0.2) is 21.8 Å². The Hall–Kier alpha value is -6.38. The Morgan fingerprint density at radius 2 is 0.846 bits per heavy atom. The van der Waals surface area contributed by atoms with Crippen LogP contribution in [0.3, 0.4) is 0 Å². The number of nitrogens with one attached hydrogen (secondary N) is 4. The number of benzene rings is 4. The molecule has 0 radical (unpaired) electrons. The first kappa shape index (κ1) is 38.4. The van der Waals surface area contributed by atoms with Crippen molar-refractivity contribution in [2.24, 2.45) is 10.2 Å². The Labute approximate surface area is 300 Å². The normalized spacial score (nSPS) is 10.9. The van der Waals surface area contributed by atoms with E-state index in [9.17, 15) is 19.2 Å². The van der Waals surface area contributed by atoms with E-state index in [1.165, 1.54) is 71.9 Å². The Bertz CT molecular complexity index is 1710. The number of hydrogen-bond donors (Lipinski definition) is 6. The van der Waals surface area contributed by atoms with Gasteiger partial charge in [0.1, 0.15) is 11.5 Å². The van der Waals surface area contributed by atoms with Gasteiger partial charge >= 0.3 is 0 Å². The highest BCUT2D eigenvalue weighted by Crippen LogP contribution is 2.15. The maximum absolute atomic E-state index is 12.3. The average molecular weight is 709 g/mol. The number of nitrogens with zero attached hydrogens (tertiary/aromatic N) is 2. The summed E-state index contributed by atoms with van der Waals surface area (Å²) in [7, 11) is 0. The SMILES string of the molecule is O=C(NO)c1ccc(C(=O)N/N=C/c2cccc(OCCCCCCCCOc3cccc(/C=N/NC(=O)c4ccc(C(=O)NO)cc4)c3)c2)cc1. The Kier molecular flexibility index (Phi) is 15.5. The first-order chi connectivity index (χ1) is 25.4. The number of hydroxylamine groups is 2. The van der Waals surface area contributed by atoms with E-state index >= 15 is 0 Å². The van der Waals surface area contributed by atoms with Gasteiger partial charge in [-0.05, 0) is 96.8 Å². The van der Waals surface area contributed by atoms with Crippen molar-refractivity contribution < 1.29 is 39.1 Å². The molecule has 0 aliphatic rings. The summed E-state index contributed by atoms with van der Waals surface area (Å²) in [6, 6.07) is 26.3. The van der Waals surface area contributed by atoms with Crippen molar-refractivity contribution in [3.63, 3.8) is 0 Å². The molecule has 0 aliphatic heterocycles. The molecule has 0 saturated heterocycles. The van der Waals surface area contributed by atoms with Crippen molar-refractivity contribution in [1.82, 2.24) is 21.8 Å². The molecule has 4 aromatic rings. The topological polar surface area (TPSA) is 200 Å². The van der Waals surface area contributed by atoms with Crippen LogP contribution in [0.1, 0.15) is 91.1 Å². The maximum atomic E-state index is 12.3. The molecule has 4 aromatic carbocycles. The lowest BCUT2D eigenvalue weighted by molar-refractivity contribution is 0.0702. The number of unbranched alkanes of at least 4 members (excludes halogenated alkanes) is 5. The molecule has 0 saturated carbocycles. The van der Waals surface area contributed by atoms with Gasteiger partial charge in [-0.2, -0.15) is 10.2 Å². The number of ether oxygens (including phenoxy) is 2. The van der Waals surface area contributed by atoms with Gasteiger partial charge in [0.05, 0.1) is 25.6 Å². The third-order valence-electron chi connectivity index (χ3n) is 7.57. The van der Waals surface area contributed by atoms with Crippen molar-refractivity contribution in [2.75, 3.05) is 13.2 Å². The number of hydrogen-bond acceptors (Lipinski definition) is 10. The van der Waals surface area contributed by atoms with Crippen molar-refractivity contribution in [1.29, 1.82) is 0 Å². The van der Waals surface area contributed by atoms with Gasteiger partial charge in [0.15, 0.2) is 0 Å². The summed E-state index contributed by atoms with van der Waals surface area (Å²) in [5.74, 6) is -0.783. The molecule has 270 valence electrons. The third-order valence-corrected chi connectivity index (χ3v) is 7.57. The average Bonchev–Trinajstić information content (AvgIpc) is 3.18. The quantitative estimate of drug-likeness (QED) is 0.0328. The van der Waals surface area contributed by atoms with E-state index in [1.54, 1.807) is 0 Å². The molecule has 0 unspecified atom stereocenters. The molecule has 0 spiro atoms. The van der Waals surface area contributed by atoms with Gasteiger partial charge in [0.2, 0.25) is 0 Å². The van der Waals surface area contributed by atoms with E-state index in [-0.39, 0.29) is 11.1 Å². The highest BCUT2D eigenvalue weighted by Gasteiger charge is 2.09. The first-order valence-electron chi connectivity index (χ1n) is 16.6. The minimum Gasteiger partial charge on any atom is -0.494 e. The lowest BCUT2D eigenvalue weighted by Gasteiger charge is -2.08. The van der Waals surface area contributed by atoms with E-state index in [0.717, 1.165) is 49.7 Å². The van der Waals surface area contributed by atoms with Crippen LogP contribution in [0.2, 0.25) is 0 Å². The third kappa shape index (κ3) is 12.8. The summed E-state index contributed by atoms with van der Waals surface area (Å²) >= 11 is 0. The number of carbonyl (C=O) groups excluding carboxylic acids is 4. The molecule has 0 aromatic heterocycles. The standard InChI is InChI=1S/C38H40N6O8/c45-35(29-13-17-31(18-14-29)37(47)43-49)41-39-25-27-9-7-11-33(23-27)51-21-5-3-1-2-4-6-22-52-34-12-8-10-28(24-34)26-40-42-36(46)30-15-19-32(20-16-30)38(48)44-50/h7-20,23-26,49-50H,1-6,21-22H2,(H,41,45)(H,42,46)(H,43,47)(H,44,48)/b39-25+,40-26+. The van der Waals surface area contributed by atoms with E-state index in [1.807, 2.05) is 48.5 Å². The van der Waals surface area contributed by atoms with Gasteiger partial charge in [-0.15, -0.1) is 0 Å². The number of amides is 4. The van der Waals surface area contributed by atoms with Gasteiger partial charge < -0.3 is 9.47 Å². The highest BCUT2D eigenvalue weighted by atomic mass is 16.5. The van der Waals surface area contributed by atoms with Gasteiger partial charge in [0, 0.05) is 22.3 Å². The minimum absolute atomic E-state index is 0.220. The molecule has 0 fully saturated rings. The predicted molar refractivity (Wildman–Crippen MR) is 193 cm³/mol. The fourth-order valence-corrected chi connectivity index (χ4v) is 4.80. The molecule has 14 heteroatoms. The van der Waals surface area contributed by atoms with Crippen molar-refractivity contribution in [3.05, 3.63) is 130 Å². The minimum atomic E-state index is -0.664. The first-order valence-corrected chi connectivity index (χ1v) is 16.6. The molecule has 0 bridgehead atoms. The van der Waals surface area contributed by atoms with Crippen molar-refractivity contribution in [3.8, 4) is 11.5 Å². The summed E-state index contributed by atoms with van der Waals surface area (Å²) in [6.45, 7) is 1.18. The Morgan fingerprint density at radius 1 is 0.500 bits per heavy atom. The molecular formula is C38H40N6O8. The molecular weight excluding hydrogens is 668 g/mol. The molecule has 14 nitrogen and oxygen atoms in total. The van der Waals surface area contributed by atoms with Crippen LogP contribution in [0.15, 0.2) is 107 Å². The highest BCUT2D eigenvalue weighted by molar-refractivity contribution is 5.98. The second-order valence-electron chi connectivity index (χ2n) is 11.4. The van der Waals surface area contributed by atoms with Crippen LogP contribution < -0.4 is 31.3 Å². The van der Waals surface area contributed by atoms with E-state index in [0.29, 0.717) is 35.8 Å². The zero-order chi connectivity index (χ0) is 37.0. The van der Waals surface area contributed by atoms with Crippen molar-refractivity contribution in [2.45, 2.75) is 38.5 Å². The van der Waals surface area contributed by atoms with Crippen LogP contribution in [0.5, 0.6) is 11.5 Å². The monoisotopic (exact) mass is 708 g/mol. The molecule has 0 heterocycles. The molecule has 52 heavy (non-hydrogen) atoms. The predicted octanol–water partition coefficient (Wildman–Crippen LogP) is 5.25. The Morgan fingerprint density at radius 3 is 1.21 bits per heavy atom. The Balaban J connectivity index is 1.05. The van der Waals surface area contributed by atoms with Gasteiger partial charge in [-0.1, -0.05) is 49.9 Å². The van der Waals surface area contributed by atoms with Crippen LogP contribution >= 0.6 is 0 Å². The summed E-state index contributed by atoms with van der Waals surface area (Å²) in [4.78, 5) is 47.4. The number of carbonyl (C=O) groups is 4. The molecule has 0 atom stereocenters. The fourth-order valence-electron chi connectivity index (χ4n) is 4.80. The second-order valence-corrected chi connectivity index (χ2v) is 11.4. The van der Waals surface area contributed by atoms with Gasteiger partial charge in [0.25, 0.3) is 23.6 Å². The van der Waals surface area contributed by atoms with E-state index in [2.05, 4.69) is 21.1 Å². The fraction of sp³-hybridized carbons (Fsp3) is 0.211. The van der Waals surface area contributed by atoms with Crippen LogP contribution in [-0.4, -0.2) is 59.7 Å². The van der Waals surface area contributed by atoms with Crippen molar-refractivity contribution >= 4 is 36.1 Å². The van der Waals surface area contributed by atoms with Crippen LogP contribution in [0.4, 0.5) is 0 Å². The van der Waals surface area contributed by atoms with Crippen LogP contribution in [0, 0.1) is 0 Å². The molecule has 4 rings (SSSR count). The van der Waals surface area contributed by atoms with Crippen LogP contribution in [-0.2, 0) is 0 Å². The van der Waals surface area contributed by atoms with Crippen LogP contribution in [0.25, 0.3) is 0 Å². The summed E-state index contributed by atoms with van der Waals surface area (Å²) in [5.41, 5.74) is 10.6. The largest absolute Gasteiger partial charge is 0.494 e. The van der Waals surface area contributed by atoms with E-state index in [4.69, 9.17) is 19.9 Å². The zero-order valence-electron chi connectivity index (χ0n) is 28.3. The smallest absolute Gasteiger partial charge is 0.274 e. The van der Waals surface area contributed by atoms with Gasteiger partial charge in [-0.3, -0.25) is 29.6 Å². The number of hydrazone groups is 2. The summed E-state index contributed by atoms with van der Waals surface area (Å²) in [6.07, 6.45) is 9.16. The molecule has 0 aliphatic carbocycles. The second kappa shape index (κ2) is 21.0. The lowest BCUT2D eigenvalue weighted by Crippen LogP contribution is -2.20. The molecule has 6 N–H and O–H groups in total. The molecule has 4 amide bonds. The number of rotatable bonds is 19. The van der Waals surface area contributed by atoms with E-state index < -0.39 is 23.6 Å². The maximum Gasteiger partial charge on any atom is 0.274 e. The lowest BCUT2D eigenvalue weighted by atomic mass is 10.1.